The van der Waals surface area contributed by atoms with Gasteiger partial charge in [-0.15, -0.1) is 0 Å². The van der Waals surface area contributed by atoms with Crippen molar-refractivity contribution in [1.82, 2.24) is 0 Å². The zero-order chi connectivity index (χ0) is 17.1. The third kappa shape index (κ3) is 13.4. The Bertz CT molecular complexity index is 382. The summed E-state index contributed by atoms with van der Waals surface area (Å²) in [5, 5.41) is 0. The van der Waals surface area contributed by atoms with Crippen LogP contribution < -0.4 is 0 Å². The van der Waals surface area contributed by atoms with Crippen molar-refractivity contribution in [3.05, 3.63) is 48.0 Å². The van der Waals surface area contributed by atoms with Gasteiger partial charge in [0.2, 0.25) is 0 Å². The zero-order valence-corrected chi connectivity index (χ0v) is 15.8. The van der Waals surface area contributed by atoms with Gasteiger partial charge in [0.25, 0.3) is 0 Å². The molecule has 0 bridgehead atoms. The van der Waals surface area contributed by atoms with Gasteiger partial charge in [0.15, 0.2) is 0 Å². The minimum Gasteiger partial charge on any atom is -0.376 e. The molecule has 0 aliphatic heterocycles. The minimum absolute atomic E-state index is 0.729. The Morgan fingerprint density at radius 2 is 1.29 bits per heavy atom. The first-order valence-electron chi connectivity index (χ1n) is 10.2. The molecule has 136 valence electrons. The van der Waals surface area contributed by atoms with E-state index in [-0.39, 0.29) is 0 Å². The van der Waals surface area contributed by atoms with Gasteiger partial charge in [0.05, 0.1) is 13.2 Å². The SMILES string of the molecule is CCCCCCCCCCCC/C=C/CCOCc1ccccc1. The van der Waals surface area contributed by atoms with Crippen molar-refractivity contribution in [2.45, 2.75) is 90.6 Å². The van der Waals surface area contributed by atoms with E-state index in [1.54, 1.807) is 0 Å². The van der Waals surface area contributed by atoms with Gasteiger partial charge < -0.3 is 4.74 Å². The summed E-state index contributed by atoms with van der Waals surface area (Å²) in [6.07, 6.45) is 21.0. The minimum atomic E-state index is 0.729. The fraction of sp³-hybridized carbons (Fsp3) is 0.652. The summed E-state index contributed by atoms with van der Waals surface area (Å²) in [7, 11) is 0. The Hall–Kier alpha value is -1.08. The molecule has 0 aliphatic rings. The molecular formula is C23H38O. The number of hydrogen-bond acceptors (Lipinski definition) is 1. The fourth-order valence-corrected chi connectivity index (χ4v) is 2.90. The first-order chi connectivity index (χ1) is 11.9. The maximum atomic E-state index is 5.68. The van der Waals surface area contributed by atoms with E-state index >= 15 is 0 Å². The topological polar surface area (TPSA) is 9.23 Å². The van der Waals surface area contributed by atoms with Gasteiger partial charge in [-0.25, -0.2) is 0 Å². The predicted molar refractivity (Wildman–Crippen MR) is 106 cm³/mol. The van der Waals surface area contributed by atoms with Crippen molar-refractivity contribution in [2.75, 3.05) is 6.61 Å². The number of benzene rings is 1. The molecule has 24 heavy (non-hydrogen) atoms. The lowest BCUT2D eigenvalue weighted by molar-refractivity contribution is 0.125. The third-order valence-electron chi connectivity index (χ3n) is 4.43. The fourth-order valence-electron chi connectivity index (χ4n) is 2.90. The molecule has 0 saturated carbocycles. The summed E-state index contributed by atoms with van der Waals surface area (Å²) in [4.78, 5) is 0. The van der Waals surface area contributed by atoms with Crippen LogP contribution in [0, 0.1) is 0 Å². The van der Waals surface area contributed by atoms with Gasteiger partial charge in [-0.3, -0.25) is 0 Å². The molecule has 0 aromatic heterocycles. The Morgan fingerprint density at radius 3 is 1.96 bits per heavy atom. The van der Waals surface area contributed by atoms with Crippen LogP contribution in [0.4, 0.5) is 0 Å². The Kier molecular flexibility index (Phi) is 14.6. The van der Waals surface area contributed by atoms with Gasteiger partial charge >= 0.3 is 0 Å². The van der Waals surface area contributed by atoms with Gasteiger partial charge in [-0.2, -0.15) is 0 Å². The highest BCUT2D eigenvalue weighted by molar-refractivity contribution is 5.13. The predicted octanol–water partition coefficient (Wildman–Crippen LogP) is 7.46. The van der Waals surface area contributed by atoms with Crippen LogP contribution in [0.3, 0.4) is 0 Å². The van der Waals surface area contributed by atoms with Crippen LogP contribution in [0.25, 0.3) is 0 Å². The highest BCUT2D eigenvalue weighted by Crippen LogP contribution is 2.11. The molecule has 0 saturated heterocycles. The van der Waals surface area contributed by atoms with Crippen LogP contribution >= 0.6 is 0 Å². The van der Waals surface area contributed by atoms with Crippen molar-refractivity contribution < 1.29 is 4.74 Å². The number of rotatable bonds is 16. The standard InChI is InChI=1S/C23H38O/c1-2-3-4-5-6-7-8-9-10-11-12-13-14-18-21-24-22-23-19-16-15-17-20-23/h13-17,19-20H,2-12,18,21-22H2,1H3/b14-13+. The molecule has 0 amide bonds. The Morgan fingerprint density at radius 1 is 0.708 bits per heavy atom. The summed E-state index contributed by atoms with van der Waals surface area (Å²) < 4.78 is 5.68. The summed E-state index contributed by atoms with van der Waals surface area (Å²) in [6.45, 7) is 3.84. The van der Waals surface area contributed by atoms with E-state index in [0.717, 1.165) is 19.6 Å². The van der Waals surface area contributed by atoms with E-state index in [0.29, 0.717) is 0 Å². The quantitative estimate of drug-likeness (QED) is 0.226. The molecule has 1 rings (SSSR count). The molecule has 0 radical (unpaired) electrons. The first kappa shape index (κ1) is 21.0. The molecule has 1 nitrogen and oxygen atoms in total. The van der Waals surface area contributed by atoms with Crippen molar-refractivity contribution in [3.63, 3.8) is 0 Å². The highest BCUT2D eigenvalue weighted by atomic mass is 16.5. The number of unbranched alkanes of at least 4 members (excludes halogenated alkanes) is 10. The Balaban J connectivity index is 1.77. The first-order valence-corrected chi connectivity index (χ1v) is 10.2. The van der Waals surface area contributed by atoms with Gasteiger partial charge in [0.1, 0.15) is 0 Å². The van der Waals surface area contributed by atoms with E-state index in [2.05, 4.69) is 43.3 Å². The van der Waals surface area contributed by atoms with Gasteiger partial charge in [0, 0.05) is 0 Å². The molecule has 0 unspecified atom stereocenters. The van der Waals surface area contributed by atoms with Crippen LogP contribution in [-0.4, -0.2) is 6.61 Å². The molecule has 0 heterocycles. The van der Waals surface area contributed by atoms with Crippen LogP contribution in [-0.2, 0) is 11.3 Å². The lowest BCUT2D eigenvalue weighted by Crippen LogP contribution is -1.93. The maximum absolute atomic E-state index is 5.68. The second-order valence-corrected chi connectivity index (χ2v) is 6.77. The van der Waals surface area contributed by atoms with Gasteiger partial charge in [-0.1, -0.05) is 107 Å². The monoisotopic (exact) mass is 330 g/mol. The second-order valence-electron chi connectivity index (χ2n) is 6.77. The molecular weight excluding hydrogens is 292 g/mol. The second kappa shape index (κ2) is 16.8. The van der Waals surface area contributed by atoms with E-state index in [4.69, 9.17) is 4.74 Å². The molecule has 1 aromatic carbocycles. The summed E-state index contributed by atoms with van der Waals surface area (Å²) in [6, 6.07) is 10.4. The number of allylic oxidation sites excluding steroid dienone is 1. The molecule has 1 aromatic rings. The normalized spacial score (nSPS) is 11.4. The van der Waals surface area contributed by atoms with Crippen molar-refractivity contribution >= 4 is 0 Å². The molecule has 0 atom stereocenters. The highest BCUT2D eigenvalue weighted by Gasteiger charge is 1.92. The lowest BCUT2D eigenvalue weighted by Gasteiger charge is -2.02. The smallest absolute Gasteiger partial charge is 0.0717 e. The molecule has 1 heteroatoms. The average Bonchev–Trinajstić information content (AvgIpc) is 2.62. The summed E-state index contributed by atoms with van der Waals surface area (Å²) >= 11 is 0. The Labute approximate surface area is 150 Å². The van der Waals surface area contributed by atoms with E-state index < -0.39 is 0 Å². The van der Waals surface area contributed by atoms with Crippen molar-refractivity contribution in [2.24, 2.45) is 0 Å². The lowest BCUT2D eigenvalue weighted by atomic mass is 10.1. The van der Waals surface area contributed by atoms with Crippen LogP contribution in [0.2, 0.25) is 0 Å². The van der Waals surface area contributed by atoms with Gasteiger partial charge in [-0.05, 0) is 24.8 Å². The number of ether oxygens (including phenoxy) is 1. The largest absolute Gasteiger partial charge is 0.376 e. The molecule has 0 N–H and O–H groups in total. The van der Waals surface area contributed by atoms with E-state index in [1.165, 1.54) is 76.2 Å². The summed E-state index contributed by atoms with van der Waals surface area (Å²) in [5.41, 5.74) is 1.26. The molecule has 0 aliphatic carbocycles. The van der Waals surface area contributed by atoms with Crippen LogP contribution in [0.5, 0.6) is 0 Å². The van der Waals surface area contributed by atoms with E-state index in [9.17, 15) is 0 Å². The number of hydrogen-bond donors (Lipinski definition) is 0. The summed E-state index contributed by atoms with van der Waals surface area (Å²) in [5.74, 6) is 0. The van der Waals surface area contributed by atoms with E-state index in [1.807, 2.05) is 6.07 Å². The molecule has 0 spiro atoms. The molecule has 0 fully saturated rings. The van der Waals surface area contributed by atoms with Crippen molar-refractivity contribution in [1.29, 1.82) is 0 Å². The van der Waals surface area contributed by atoms with Crippen LogP contribution in [0.1, 0.15) is 89.5 Å². The maximum Gasteiger partial charge on any atom is 0.0717 e. The van der Waals surface area contributed by atoms with Crippen LogP contribution in [0.15, 0.2) is 42.5 Å². The van der Waals surface area contributed by atoms with Crippen molar-refractivity contribution in [3.8, 4) is 0 Å². The third-order valence-corrected chi connectivity index (χ3v) is 4.43. The zero-order valence-electron chi connectivity index (χ0n) is 15.8. The average molecular weight is 331 g/mol.